The van der Waals surface area contributed by atoms with E-state index >= 15 is 0 Å². The molecule has 1 heterocycles. The fourth-order valence-electron chi connectivity index (χ4n) is 3.79. The lowest BCUT2D eigenvalue weighted by molar-refractivity contribution is -0.125. The molecule has 0 N–H and O–H groups in total. The number of anilines is 2. The molecular formula is C19H17NO2. The Balaban J connectivity index is 1.95. The molecule has 2 aromatic carbocycles. The highest BCUT2D eigenvalue weighted by molar-refractivity contribution is 6.27. The number of benzene rings is 2. The summed E-state index contributed by atoms with van der Waals surface area (Å²) < 4.78 is 0. The SMILES string of the molecule is O=C1c2ccccc2N(c2ccccc2)C(=O)C12CCCC2. The molecule has 2 aromatic rings. The highest BCUT2D eigenvalue weighted by Crippen LogP contribution is 2.49. The third-order valence-electron chi connectivity index (χ3n) is 4.91. The number of hydrogen-bond donors (Lipinski definition) is 0. The molecule has 0 atom stereocenters. The molecule has 1 aliphatic heterocycles. The summed E-state index contributed by atoms with van der Waals surface area (Å²) in [5.41, 5.74) is 1.37. The zero-order chi connectivity index (χ0) is 15.2. The fourth-order valence-corrected chi connectivity index (χ4v) is 3.79. The lowest BCUT2D eigenvalue weighted by Crippen LogP contribution is -2.49. The molecule has 2 aliphatic rings. The largest absolute Gasteiger partial charge is 0.293 e. The molecule has 0 aromatic heterocycles. The molecule has 3 nitrogen and oxygen atoms in total. The van der Waals surface area contributed by atoms with Gasteiger partial charge in [0, 0.05) is 11.3 Å². The van der Waals surface area contributed by atoms with Crippen LogP contribution in [0.2, 0.25) is 0 Å². The van der Waals surface area contributed by atoms with Crippen LogP contribution in [-0.4, -0.2) is 11.7 Å². The van der Waals surface area contributed by atoms with E-state index in [9.17, 15) is 9.59 Å². The number of carbonyl (C=O) groups is 2. The van der Waals surface area contributed by atoms with Crippen LogP contribution in [0.1, 0.15) is 36.0 Å². The van der Waals surface area contributed by atoms with Gasteiger partial charge in [-0.3, -0.25) is 14.5 Å². The highest BCUT2D eigenvalue weighted by atomic mass is 16.2. The minimum Gasteiger partial charge on any atom is -0.293 e. The van der Waals surface area contributed by atoms with Crippen LogP contribution in [0.4, 0.5) is 11.4 Å². The van der Waals surface area contributed by atoms with E-state index in [2.05, 4.69) is 0 Å². The number of nitrogens with zero attached hydrogens (tertiary/aromatic N) is 1. The minimum atomic E-state index is -0.843. The van der Waals surface area contributed by atoms with Gasteiger partial charge in [0.25, 0.3) is 0 Å². The maximum atomic E-state index is 13.2. The number of para-hydroxylation sites is 2. The second kappa shape index (κ2) is 4.80. The van der Waals surface area contributed by atoms with E-state index in [-0.39, 0.29) is 11.7 Å². The molecule has 0 saturated heterocycles. The molecule has 0 radical (unpaired) electrons. The predicted molar refractivity (Wildman–Crippen MR) is 85.3 cm³/mol. The lowest BCUT2D eigenvalue weighted by Gasteiger charge is -2.39. The molecule has 22 heavy (non-hydrogen) atoms. The third-order valence-corrected chi connectivity index (χ3v) is 4.91. The summed E-state index contributed by atoms with van der Waals surface area (Å²) in [6.07, 6.45) is 3.23. The topological polar surface area (TPSA) is 37.4 Å². The van der Waals surface area contributed by atoms with Gasteiger partial charge in [-0.15, -0.1) is 0 Å². The molecule has 1 fully saturated rings. The van der Waals surface area contributed by atoms with Crippen molar-refractivity contribution in [2.75, 3.05) is 4.90 Å². The summed E-state index contributed by atoms with van der Waals surface area (Å²) in [6, 6.07) is 17.1. The molecule has 1 saturated carbocycles. The predicted octanol–water partition coefficient (Wildman–Crippen LogP) is 4.11. The first kappa shape index (κ1) is 13.3. The Morgan fingerprint density at radius 3 is 2.18 bits per heavy atom. The smallest absolute Gasteiger partial charge is 0.245 e. The first-order chi connectivity index (χ1) is 10.7. The van der Waals surface area contributed by atoms with Crippen molar-refractivity contribution in [1.82, 2.24) is 0 Å². The van der Waals surface area contributed by atoms with Gasteiger partial charge in [-0.2, -0.15) is 0 Å². The van der Waals surface area contributed by atoms with Gasteiger partial charge in [0.2, 0.25) is 5.91 Å². The van der Waals surface area contributed by atoms with Crippen LogP contribution in [0.3, 0.4) is 0 Å². The Morgan fingerprint density at radius 2 is 1.45 bits per heavy atom. The van der Waals surface area contributed by atoms with Crippen molar-refractivity contribution < 1.29 is 9.59 Å². The van der Waals surface area contributed by atoms with Crippen LogP contribution in [0.5, 0.6) is 0 Å². The summed E-state index contributed by atoms with van der Waals surface area (Å²) in [7, 11) is 0. The zero-order valence-corrected chi connectivity index (χ0v) is 12.3. The van der Waals surface area contributed by atoms with Crippen molar-refractivity contribution >= 4 is 23.1 Å². The molecule has 0 unspecified atom stereocenters. The lowest BCUT2D eigenvalue weighted by atomic mass is 9.74. The second-order valence-electron chi connectivity index (χ2n) is 6.11. The van der Waals surface area contributed by atoms with E-state index in [0.717, 1.165) is 18.5 Å². The second-order valence-corrected chi connectivity index (χ2v) is 6.11. The van der Waals surface area contributed by atoms with Crippen LogP contribution in [0.15, 0.2) is 54.6 Å². The van der Waals surface area contributed by atoms with E-state index in [1.54, 1.807) is 4.90 Å². The van der Waals surface area contributed by atoms with E-state index in [1.165, 1.54) is 0 Å². The van der Waals surface area contributed by atoms with Crippen molar-refractivity contribution in [3.8, 4) is 0 Å². The van der Waals surface area contributed by atoms with Gasteiger partial charge in [0.15, 0.2) is 5.78 Å². The normalized spacial score (nSPS) is 19.5. The van der Waals surface area contributed by atoms with Gasteiger partial charge >= 0.3 is 0 Å². The number of Topliss-reactive ketones (excluding diaryl/α,β-unsaturated/α-hetero) is 1. The summed E-state index contributed by atoms with van der Waals surface area (Å²) >= 11 is 0. The van der Waals surface area contributed by atoms with Crippen LogP contribution in [0, 0.1) is 5.41 Å². The maximum absolute atomic E-state index is 13.2. The maximum Gasteiger partial charge on any atom is 0.245 e. The average molecular weight is 291 g/mol. The summed E-state index contributed by atoms with van der Waals surface area (Å²) in [5.74, 6) is -0.0438. The number of hydrogen-bond acceptors (Lipinski definition) is 2. The number of ketones is 1. The highest BCUT2D eigenvalue weighted by Gasteiger charge is 2.54. The van der Waals surface area contributed by atoms with Crippen molar-refractivity contribution in [3.63, 3.8) is 0 Å². The van der Waals surface area contributed by atoms with Crippen molar-refractivity contribution in [3.05, 3.63) is 60.2 Å². The Morgan fingerprint density at radius 1 is 0.818 bits per heavy atom. The Bertz CT molecular complexity index is 745. The number of carbonyl (C=O) groups excluding carboxylic acids is 2. The van der Waals surface area contributed by atoms with Gasteiger partial charge in [-0.1, -0.05) is 43.2 Å². The summed E-state index contributed by atoms with van der Waals surface area (Å²) in [6.45, 7) is 0. The van der Waals surface area contributed by atoms with Crippen LogP contribution in [-0.2, 0) is 4.79 Å². The first-order valence-electron chi connectivity index (χ1n) is 7.77. The minimum absolute atomic E-state index is 0.0118. The molecule has 1 amide bonds. The number of rotatable bonds is 1. The van der Waals surface area contributed by atoms with Gasteiger partial charge in [-0.25, -0.2) is 0 Å². The zero-order valence-electron chi connectivity index (χ0n) is 12.3. The molecule has 1 aliphatic carbocycles. The van der Waals surface area contributed by atoms with Crippen molar-refractivity contribution in [1.29, 1.82) is 0 Å². The third kappa shape index (κ3) is 1.68. The Kier molecular flexibility index (Phi) is 2.89. The van der Waals surface area contributed by atoms with Crippen LogP contribution in [0.25, 0.3) is 0 Å². The van der Waals surface area contributed by atoms with E-state index < -0.39 is 5.41 Å². The van der Waals surface area contributed by atoms with Gasteiger partial charge < -0.3 is 0 Å². The van der Waals surface area contributed by atoms with Gasteiger partial charge in [-0.05, 0) is 37.1 Å². The van der Waals surface area contributed by atoms with Crippen LogP contribution < -0.4 is 4.90 Å². The van der Waals surface area contributed by atoms with E-state index in [4.69, 9.17) is 0 Å². The Hall–Kier alpha value is -2.42. The van der Waals surface area contributed by atoms with E-state index in [1.807, 2.05) is 54.6 Å². The van der Waals surface area contributed by atoms with Crippen molar-refractivity contribution in [2.45, 2.75) is 25.7 Å². The molecule has 4 rings (SSSR count). The summed E-state index contributed by atoms with van der Waals surface area (Å²) in [5, 5.41) is 0. The van der Waals surface area contributed by atoms with Crippen LogP contribution >= 0.6 is 0 Å². The molecule has 3 heteroatoms. The number of fused-ring (bicyclic) bond motifs is 1. The first-order valence-corrected chi connectivity index (χ1v) is 7.77. The molecule has 0 bridgehead atoms. The van der Waals surface area contributed by atoms with Gasteiger partial charge in [0.1, 0.15) is 5.41 Å². The molecule has 110 valence electrons. The molecular weight excluding hydrogens is 274 g/mol. The molecule has 1 spiro atoms. The average Bonchev–Trinajstić information content (AvgIpc) is 3.05. The summed E-state index contributed by atoms with van der Waals surface area (Å²) in [4.78, 5) is 27.9. The Labute approximate surface area is 129 Å². The van der Waals surface area contributed by atoms with E-state index in [0.29, 0.717) is 24.1 Å². The monoisotopic (exact) mass is 291 g/mol. The standard InChI is InChI=1S/C19H17NO2/c21-17-15-10-4-5-11-16(15)20(14-8-2-1-3-9-14)18(22)19(17)12-6-7-13-19/h1-5,8-11H,6-7,12-13H2. The quantitative estimate of drug-likeness (QED) is 0.741. The van der Waals surface area contributed by atoms with Crippen molar-refractivity contribution in [2.24, 2.45) is 5.41 Å². The fraction of sp³-hybridized carbons (Fsp3) is 0.263. The number of amides is 1. The van der Waals surface area contributed by atoms with Gasteiger partial charge in [0.05, 0.1) is 5.69 Å².